The van der Waals surface area contributed by atoms with E-state index in [1.807, 2.05) is 13.0 Å². The Morgan fingerprint density at radius 1 is 1.22 bits per heavy atom. The summed E-state index contributed by atoms with van der Waals surface area (Å²) in [5.41, 5.74) is 0.691. The molecule has 0 spiro atoms. The number of likely N-dealkylation sites (tertiary alicyclic amines) is 1. The van der Waals surface area contributed by atoms with Gasteiger partial charge in [0.15, 0.2) is 5.69 Å². The first-order valence-electron chi connectivity index (χ1n) is 11.1. The van der Waals surface area contributed by atoms with Crippen molar-refractivity contribution < 1.29 is 26.7 Å². The zero-order valence-electron chi connectivity index (χ0n) is 19.7. The van der Waals surface area contributed by atoms with Crippen molar-refractivity contribution in [2.24, 2.45) is 13.0 Å². The first-order chi connectivity index (χ1) is 16.9. The van der Waals surface area contributed by atoms with Crippen LogP contribution in [0.3, 0.4) is 0 Å². The molecule has 1 aliphatic rings. The van der Waals surface area contributed by atoms with E-state index in [0.717, 1.165) is 10.5 Å². The summed E-state index contributed by atoms with van der Waals surface area (Å²) in [6.45, 7) is 2.54. The van der Waals surface area contributed by atoms with Crippen LogP contribution in [0.15, 0.2) is 36.9 Å². The molecular weight excluding hydrogens is 485 g/mol. The van der Waals surface area contributed by atoms with Gasteiger partial charge < -0.3 is 10.2 Å². The zero-order valence-corrected chi connectivity index (χ0v) is 19.7. The molecule has 1 aliphatic heterocycles. The van der Waals surface area contributed by atoms with Crippen molar-refractivity contribution in [3.05, 3.63) is 53.7 Å². The fraction of sp³-hybridized carbons (Fsp3) is 0.435. The molecule has 1 unspecified atom stereocenters. The predicted octanol–water partition coefficient (Wildman–Crippen LogP) is 4.20. The number of amides is 1. The van der Waals surface area contributed by atoms with Gasteiger partial charge in [0, 0.05) is 44.8 Å². The molecule has 0 aliphatic carbocycles. The third-order valence-corrected chi connectivity index (χ3v) is 6.08. The lowest BCUT2D eigenvalue weighted by molar-refractivity contribution is -0.138. The molecule has 1 fully saturated rings. The van der Waals surface area contributed by atoms with Crippen LogP contribution in [0.5, 0.6) is 0 Å². The summed E-state index contributed by atoms with van der Waals surface area (Å²) in [6.07, 6.45) is -0.601. The Labute approximate surface area is 203 Å². The molecule has 0 radical (unpaired) electrons. The van der Waals surface area contributed by atoms with Crippen LogP contribution in [0.4, 0.5) is 27.9 Å². The molecule has 0 saturated carbocycles. The van der Waals surface area contributed by atoms with Crippen LogP contribution in [0.25, 0.3) is 11.3 Å². The van der Waals surface area contributed by atoms with Gasteiger partial charge >= 0.3 is 6.18 Å². The fourth-order valence-corrected chi connectivity index (χ4v) is 4.36. The lowest BCUT2D eigenvalue weighted by Crippen LogP contribution is -2.57. The van der Waals surface area contributed by atoms with Crippen LogP contribution in [-0.2, 0) is 13.2 Å². The number of hydrogen-bond donors (Lipinski definition) is 1. The van der Waals surface area contributed by atoms with E-state index in [1.165, 1.54) is 4.68 Å². The second-order valence-corrected chi connectivity index (χ2v) is 8.95. The highest BCUT2D eigenvalue weighted by Gasteiger charge is 2.47. The van der Waals surface area contributed by atoms with E-state index in [9.17, 15) is 26.7 Å². The molecule has 0 bridgehead atoms. The number of nitrogens with one attached hydrogen (secondary N) is 1. The monoisotopic (exact) mass is 509 g/mol. The summed E-state index contributed by atoms with van der Waals surface area (Å²) >= 11 is 0. The summed E-state index contributed by atoms with van der Waals surface area (Å²) in [5, 5.41) is 7.03. The van der Waals surface area contributed by atoms with Crippen molar-refractivity contribution >= 4 is 11.9 Å². The summed E-state index contributed by atoms with van der Waals surface area (Å²) in [7, 11) is 1.62. The number of carbonyl (C=O) groups is 1. The Kier molecular flexibility index (Phi) is 6.67. The number of pyridine rings is 1. The first-order valence-corrected chi connectivity index (χ1v) is 11.1. The number of halogens is 5. The van der Waals surface area contributed by atoms with E-state index in [-0.39, 0.29) is 18.2 Å². The van der Waals surface area contributed by atoms with Gasteiger partial charge in [-0.25, -0.2) is 18.7 Å². The molecule has 4 heterocycles. The molecule has 4 rings (SSSR count). The van der Waals surface area contributed by atoms with Crippen molar-refractivity contribution in [1.29, 1.82) is 0 Å². The summed E-state index contributed by atoms with van der Waals surface area (Å²) < 4.78 is 68.9. The topological polar surface area (TPSA) is 88.8 Å². The number of anilines is 1. The number of rotatable bonds is 5. The number of alkyl halides is 5. The maximum absolute atomic E-state index is 14.6. The van der Waals surface area contributed by atoms with E-state index in [1.54, 1.807) is 32.4 Å². The van der Waals surface area contributed by atoms with Crippen molar-refractivity contribution in [2.45, 2.75) is 38.4 Å². The molecule has 1 amide bonds. The van der Waals surface area contributed by atoms with E-state index >= 15 is 0 Å². The minimum absolute atomic E-state index is 0.0139. The fourth-order valence-electron chi connectivity index (χ4n) is 4.36. The van der Waals surface area contributed by atoms with Crippen molar-refractivity contribution in [2.75, 3.05) is 18.4 Å². The average molecular weight is 509 g/mol. The van der Waals surface area contributed by atoms with E-state index in [2.05, 4.69) is 25.4 Å². The molecule has 36 heavy (non-hydrogen) atoms. The maximum Gasteiger partial charge on any atom is 0.419 e. The Bertz CT molecular complexity index is 1240. The molecular formula is C23H24F5N7O. The van der Waals surface area contributed by atoms with Gasteiger partial charge in [-0.2, -0.15) is 18.3 Å². The SMILES string of the molecule is Cc1cccnc1-c1cn(C)nc1C(=O)N1CC(F)(F)C[C@@H](C)C1CNc1ncc(C(F)(F)F)cn1. The number of hydrogen-bond acceptors (Lipinski definition) is 6. The molecule has 0 aromatic carbocycles. The molecule has 1 saturated heterocycles. The number of aryl methyl sites for hydroxylation is 2. The summed E-state index contributed by atoms with van der Waals surface area (Å²) in [6, 6.07) is 2.84. The third kappa shape index (κ3) is 5.29. The standard InChI is InChI=1S/C23H24F5N7O/c1-13-5-4-6-29-18(13)16-11-34(3)33-19(16)20(36)35-12-22(24,25)7-14(2)17(35)10-32-21-30-8-15(9-31-21)23(26,27)28/h4-6,8-9,11,14,17H,7,10,12H2,1-3H3,(H,30,31,32)/t14-,17?/m1/s1. The minimum Gasteiger partial charge on any atom is -0.352 e. The van der Waals surface area contributed by atoms with Crippen molar-refractivity contribution in [3.8, 4) is 11.3 Å². The van der Waals surface area contributed by atoms with Crippen LogP contribution >= 0.6 is 0 Å². The number of aromatic nitrogens is 5. The first kappa shape index (κ1) is 25.5. The lowest BCUT2D eigenvalue weighted by Gasteiger charge is -2.43. The van der Waals surface area contributed by atoms with Crippen LogP contribution in [0.2, 0.25) is 0 Å². The Morgan fingerprint density at radius 3 is 2.56 bits per heavy atom. The molecule has 192 valence electrons. The predicted molar refractivity (Wildman–Crippen MR) is 120 cm³/mol. The smallest absolute Gasteiger partial charge is 0.352 e. The average Bonchev–Trinajstić information content (AvgIpc) is 3.18. The number of piperidine rings is 1. The highest BCUT2D eigenvalue weighted by atomic mass is 19.4. The van der Waals surface area contributed by atoms with Gasteiger partial charge in [-0.1, -0.05) is 13.0 Å². The van der Waals surface area contributed by atoms with Gasteiger partial charge in [0.25, 0.3) is 11.8 Å². The Hall–Kier alpha value is -3.64. The highest BCUT2D eigenvalue weighted by Crippen LogP contribution is 2.36. The number of carbonyl (C=O) groups excluding carboxylic acids is 1. The van der Waals surface area contributed by atoms with E-state index in [0.29, 0.717) is 23.7 Å². The van der Waals surface area contributed by atoms with Crippen LogP contribution in [0.1, 0.15) is 35.0 Å². The molecule has 1 N–H and O–H groups in total. The molecule has 3 aromatic heterocycles. The molecule has 13 heteroatoms. The maximum atomic E-state index is 14.6. The molecule has 2 atom stereocenters. The second-order valence-electron chi connectivity index (χ2n) is 8.95. The zero-order chi connectivity index (χ0) is 26.3. The second kappa shape index (κ2) is 9.43. The van der Waals surface area contributed by atoms with E-state index < -0.39 is 48.5 Å². The lowest BCUT2D eigenvalue weighted by atomic mass is 9.88. The largest absolute Gasteiger partial charge is 0.419 e. The quantitative estimate of drug-likeness (QED) is 0.519. The van der Waals surface area contributed by atoms with Gasteiger partial charge in [-0.05, 0) is 24.5 Å². The van der Waals surface area contributed by atoms with Gasteiger partial charge in [0.05, 0.1) is 29.4 Å². The number of nitrogens with zero attached hydrogens (tertiary/aromatic N) is 6. The normalized spacial score (nSPS) is 19.8. The van der Waals surface area contributed by atoms with Crippen molar-refractivity contribution in [3.63, 3.8) is 0 Å². The van der Waals surface area contributed by atoms with Gasteiger partial charge in [-0.3, -0.25) is 14.5 Å². The summed E-state index contributed by atoms with van der Waals surface area (Å²) in [5.74, 6) is -4.56. The van der Waals surface area contributed by atoms with Gasteiger partial charge in [0.1, 0.15) is 0 Å². The third-order valence-electron chi connectivity index (χ3n) is 6.08. The summed E-state index contributed by atoms with van der Waals surface area (Å²) in [4.78, 5) is 26.4. The molecule has 3 aromatic rings. The molecule has 8 nitrogen and oxygen atoms in total. The van der Waals surface area contributed by atoms with Crippen LogP contribution < -0.4 is 5.32 Å². The van der Waals surface area contributed by atoms with Crippen molar-refractivity contribution in [1.82, 2.24) is 29.6 Å². The Morgan fingerprint density at radius 2 is 1.92 bits per heavy atom. The highest BCUT2D eigenvalue weighted by molar-refractivity contribution is 5.99. The van der Waals surface area contributed by atoms with Gasteiger partial charge in [0.2, 0.25) is 5.95 Å². The van der Waals surface area contributed by atoms with Gasteiger partial charge in [-0.15, -0.1) is 0 Å². The minimum atomic E-state index is -4.59. The van der Waals surface area contributed by atoms with Crippen LogP contribution in [-0.4, -0.2) is 60.6 Å². The van der Waals surface area contributed by atoms with E-state index in [4.69, 9.17) is 0 Å². The van der Waals surface area contributed by atoms with Crippen LogP contribution in [0, 0.1) is 12.8 Å². The Balaban J connectivity index is 1.62.